The Hall–Kier alpha value is -2.59. The molecule has 1 aliphatic rings. The van der Waals surface area contributed by atoms with E-state index in [2.05, 4.69) is 16.7 Å². The Morgan fingerprint density at radius 2 is 1.73 bits per heavy atom. The van der Waals surface area contributed by atoms with Gasteiger partial charge in [0.05, 0.1) is 6.54 Å². The Bertz CT molecular complexity index is 724. The molecular weight excluding hydrogens is 324 g/mol. The van der Waals surface area contributed by atoms with Gasteiger partial charge in [-0.2, -0.15) is 0 Å². The van der Waals surface area contributed by atoms with Gasteiger partial charge in [0.1, 0.15) is 11.5 Å². The van der Waals surface area contributed by atoms with Crippen molar-refractivity contribution in [3.05, 3.63) is 66.2 Å². The molecule has 26 heavy (non-hydrogen) atoms. The first-order valence-electron chi connectivity index (χ1n) is 9.31. The lowest BCUT2D eigenvalue weighted by atomic mass is 9.97. The highest BCUT2D eigenvalue weighted by molar-refractivity contribution is 5.92. The van der Waals surface area contributed by atoms with Gasteiger partial charge in [-0.15, -0.1) is 0 Å². The van der Waals surface area contributed by atoms with Crippen LogP contribution in [0.25, 0.3) is 0 Å². The summed E-state index contributed by atoms with van der Waals surface area (Å²) in [6.07, 6.45) is 8.43. The molecule has 0 bridgehead atoms. The quantitative estimate of drug-likeness (QED) is 0.526. The van der Waals surface area contributed by atoms with Crippen molar-refractivity contribution < 1.29 is 9.53 Å². The summed E-state index contributed by atoms with van der Waals surface area (Å²) in [7, 11) is 0. The lowest BCUT2D eigenvalue weighted by Crippen LogP contribution is -2.29. The van der Waals surface area contributed by atoms with Gasteiger partial charge in [-0.25, -0.2) is 0 Å². The first-order chi connectivity index (χ1) is 12.8. The number of amides is 1. The summed E-state index contributed by atoms with van der Waals surface area (Å²) in [6.45, 7) is 1.18. The minimum absolute atomic E-state index is 0.0284. The Kier molecular flexibility index (Phi) is 6.85. The number of carbonyl (C=O) groups is 1. The maximum Gasteiger partial charge on any atom is 0.238 e. The molecule has 2 aromatic carbocycles. The molecule has 0 saturated carbocycles. The van der Waals surface area contributed by atoms with Gasteiger partial charge in [0, 0.05) is 5.69 Å². The molecule has 2 N–H and O–H groups in total. The number of para-hydroxylation sites is 1. The predicted molar refractivity (Wildman–Crippen MR) is 106 cm³/mol. The molecule has 0 heterocycles. The van der Waals surface area contributed by atoms with E-state index >= 15 is 0 Å². The monoisotopic (exact) mass is 350 g/mol. The average Bonchev–Trinajstić information content (AvgIpc) is 2.68. The Balaban J connectivity index is 1.38. The Labute approximate surface area is 155 Å². The fraction of sp³-hybridized carbons (Fsp3) is 0.318. The zero-order valence-electron chi connectivity index (χ0n) is 15.0. The molecule has 1 aliphatic carbocycles. The van der Waals surface area contributed by atoms with Crippen LogP contribution in [0, 0.1) is 0 Å². The molecule has 1 amide bonds. The van der Waals surface area contributed by atoms with Gasteiger partial charge in [0.15, 0.2) is 0 Å². The Morgan fingerprint density at radius 3 is 2.46 bits per heavy atom. The van der Waals surface area contributed by atoms with E-state index in [0.29, 0.717) is 6.54 Å². The maximum atomic E-state index is 12.0. The number of hydrogen-bond donors (Lipinski definition) is 2. The molecule has 2 aromatic rings. The maximum absolute atomic E-state index is 12.0. The van der Waals surface area contributed by atoms with Gasteiger partial charge in [0.2, 0.25) is 5.91 Å². The summed E-state index contributed by atoms with van der Waals surface area (Å²) in [5.74, 6) is 1.51. The van der Waals surface area contributed by atoms with Crippen LogP contribution in [0.3, 0.4) is 0 Å². The molecule has 0 aromatic heterocycles. The van der Waals surface area contributed by atoms with Gasteiger partial charge in [-0.05, 0) is 75.0 Å². The number of rotatable bonds is 8. The molecule has 0 atom stereocenters. The summed E-state index contributed by atoms with van der Waals surface area (Å²) in [6, 6.07) is 17.0. The van der Waals surface area contributed by atoms with E-state index in [9.17, 15) is 4.79 Å². The predicted octanol–water partition coefficient (Wildman–Crippen LogP) is 4.90. The SMILES string of the molecule is O=C(CNCCC1=CCCCC1)Nc1ccc(Oc2ccccc2)cc1. The molecule has 136 valence electrons. The van der Waals surface area contributed by atoms with Gasteiger partial charge >= 0.3 is 0 Å². The third kappa shape index (κ3) is 6.05. The second kappa shape index (κ2) is 9.78. The fourth-order valence-corrected chi connectivity index (χ4v) is 3.02. The van der Waals surface area contributed by atoms with E-state index in [4.69, 9.17) is 4.74 Å². The van der Waals surface area contributed by atoms with Crippen LogP contribution in [0.4, 0.5) is 5.69 Å². The van der Waals surface area contributed by atoms with Crippen LogP contribution in [0.15, 0.2) is 66.2 Å². The standard InChI is InChI=1S/C22H26N2O2/c25-22(17-23-16-15-18-7-3-1-4-8-18)24-19-11-13-21(14-12-19)26-20-9-5-2-6-10-20/h2,5-7,9-14,23H,1,3-4,8,15-17H2,(H,24,25). The average molecular weight is 350 g/mol. The molecule has 0 radical (unpaired) electrons. The van der Waals surface area contributed by atoms with E-state index in [-0.39, 0.29) is 5.91 Å². The third-order valence-corrected chi connectivity index (χ3v) is 4.41. The van der Waals surface area contributed by atoms with Crippen LogP contribution in [-0.2, 0) is 4.79 Å². The van der Waals surface area contributed by atoms with E-state index in [0.717, 1.165) is 30.2 Å². The lowest BCUT2D eigenvalue weighted by molar-refractivity contribution is -0.115. The van der Waals surface area contributed by atoms with E-state index in [1.54, 1.807) is 0 Å². The minimum atomic E-state index is -0.0284. The van der Waals surface area contributed by atoms with Crippen molar-refractivity contribution in [3.8, 4) is 11.5 Å². The van der Waals surface area contributed by atoms with Crippen LogP contribution in [0.5, 0.6) is 11.5 Å². The molecule has 0 spiro atoms. The zero-order valence-corrected chi connectivity index (χ0v) is 15.0. The second-order valence-corrected chi connectivity index (χ2v) is 6.52. The second-order valence-electron chi connectivity index (χ2n) is 6.52. The summed E-state index contributed by atoms with van der Waals surface area (Å²) in [4.78, 5) is 12.0. The smallest absolute Gasteiger partial charge is 0.238 e. The molecule has 0 unspecified atom stereocenters. The van der Waals surface area contributed by atoms with Crippen molar-refractivity contribution in [1.29, 1.82) is 0 Å². The van der Waals surface area contributed by atoms with Crippen molar-refractivity contribution in [2.45, 2.75) is 32.1 Å². The van der Waals surface area contributed by atoms with Crippen molar-refractivity contribution in [2.24, 2.45) is 0 Å². The van der Waals surface area contributed by atoms with Crippen molar-refractivity contribution in [2.75, 3.05) is 18.4 Å². The Morgan fingerprint density at radius 1 is 0.962 bits per heavy atom. The van der Waals surface area contributed by atoms with E-state index in [1.807, 2.05) is 54.6 Å². The summed E-state index contributed by atoms with van der Waals surface area (Å²) >= 11 is 0. The first-order valence-corrected chi connectivity index (χ1v) is 9.31. The number of benzene rings is 2. The largest absolute Gasteiger partial charge is 0.457 e. The van der Waals surface area contributed by atoms with E-state index < -0.39 is 0 Å². The molecule has 3 rings (SSSR count). The van der Waals surface area contributed by atoms with Crippen LogP contribution in [0.2, 0.25) is 0 Å². The van der Waals surface area contributed by atoms with Crippen LogP contribution in [0.1, 0.15) is 32.1 Å². The topological polar surface area (TPSA) is 50.4 Å². The number of anilines is 1. The van der Waals surface area contributed by atoms with Crippen LogP contribution >= 0.6 is 0 Å². The number of carbonyl (C=O) groups excluding carboxylic acids is 1. The first kappa shape index (κ1) is 18.2. The number of nitrogens with one attached hydrogen (secondary N) is 2. The number of allylic oxidation sites excluding steroid dienone is 1. The lowest BCUT2D eigenvalue weighted by Gasteiger charge is -2.13. The third-order valence-electron chi connectivity index (χ3n) is 4.41. The molecule has 0 aliphatic heterocycles. The van der Waals surface area contributed by atoms with Crippen molar-refractivity contribution in [3.63, 3.8) is 0 Å². The highest BCUT2D eigenvalue weighted by Crippen LogP contribution is 2.22. The fourth-order valence-electron chi connectivity index (χ4n) is 3.02. The summed E-state index contributed by atoms with van der Waals surface area (Å²) < 4.78 is 5.75. The van der Waals surface area contributed by atoms with Gasteiger partial charge in [0.25, 0.3) is 0 Å². The molecule has 4 heteroatoms. The molecular formula is C22H26N2O2. The van der Waals surface area contributed by atoms with Gasteiger partial charge < -0.3 is 15.4 Å². The van der Waals surface area contributed by atoms with E-state index in [1.165, 1.54) is 31.3 Å². The number of ether oxygens (including phenoxy) is 1. The molecule has 0 saturated heterocycles. The highest BCUT2D eigenvalue weighted by atomic mass is 16.5. The minimum Gasteiger partial charge on any atom is -0.457 e. The molecule has 4 nitrogen and oxygen atoms in total. The number of hydrogen-bond acceptors (Lipinski definition) is 3. The normalized spacial score (nSPS) is 13.8. The molecule has 0 fully saturated rings. The van der Waals surface area contributed by atoms with Gasteiger partial charge in [-0.1, -0.05) is 29.8 Å². The zero-order chi connectivity index (χ0) is 18.0. The van der Waals surface area contributed by atoms with Gasteiger partial charge in [-0.3, -0.25) is 4.79 Å². The van der Waals surface area contributed by atoms with Crippen molar-refractivity contribution in [1.82, 2.24) is 5.32 Å². The summed E-state index contributed by atoms with van der Waals surface area (Å²) in [5, 5.41) is 6.12. The van der Waals surface area contributed by atoms with Crippen LogP contribution in [-0.4, -0.2) is 19.0 Å². The summed E-state index contributed by atoms with van der Waals surface area (Å²) in [5.41, 5.74) is 2.30. The van der Waals surface area contributed by atoms with Crippen molar-refractivity contribution >= 4 is 11.6 Å². The van der Waals surface area contributed by atoms with Crippen LogP contribution < -0.4 is 15.4 Å². The highest BCUT2D eigenvalue weighted by Gasteiger charge is 2.05.